The lowest BCUT2D eigenvalue weighted by molar-refractivity contribution is 0.0950. The third-order valence-corrected chi connectivity index (χ3v) is 3.73. The number of halogens is 3. The molecule has 2 aromatic rings. The number of aryl methyl sites for hydroxylation is 1. The van der Waals surface area contributed by atoms with E-state index in [1.807, 2.05) is 6.07 Å². The van der Waals surface area contributed by atoms with Gasteiger partial charge in [-0.05, 0) is 42.3 Å². The van der Waals surface area contributed by atoms with Gasteiger partial charge in [-0.15, -0.1) is 0 Å². The van der Waals surface area contributed by atoms with Crippen LogP contribution in [-0.2, 0) is 6.54 Å². The highest BCUT2D eigenvalue weighted by atomic mass is 79.9. The number of rotatable bonds is 3. The molecular formula is C15H12Br2FNO. The molecule has 0 aliphatic carbocycles. The maximum Gasteiger partial charge on any atom is 0.251 e. The van der Waals surface area contributed by atoms with E-state index < -0.39 is 0 Å². The van der Waals surface area contributed by atoms with Crippen LogP contribution in [0.15, 0.2) is 45.3 Å². The van der Waals surface area contributed by atoms with Crippen LogP contribution in [-0.4, -0.2) is 5.91 Å². The van der Waals surface area contributed by atoms with Gasteiger partial charge in [-0.1, -0.05) is 44.0 Å². The number of carbonyl (C=O) groups excluding carboxylic acids is 1. The minimum Gasteiger partial charge on any atom is -0.348 e. The van der Waals surface area contributed by atoms with Crippen LogP contribution in [0.25, 0.3) is 0 Å². The Morgan fingerprint density at radius 3 is 2.40 bits per heavy atom. The fourth-order valence-corrected chi connectivity index (χ4v) is 3.01. The van der Waals surface area contributed by atoms with Gasteiger partial charge in [0.05, 0.1) is 0 Å². The zero-order valence-corrected chi connectivity index (χ0v) is 13.9. The number of hydrogen-bond acceptors (Lipinski definition) is 1. The van der Waals surface area contributed by atoms with Crippen molar-refractivity contribution in [1.82, 2.24) is 5.32 Å². The normalized spacial score (nSPS) is 10.4. The van der Waals surface area contributed by atoms with Crippen LogP contribution < -0.4 is 5.32 Å². The molecule has 5 heteroatoms. The smallest absolute Gasteiger partial charge is 0.251 e. The van der Waals surface area contributed by atoms with Crippen LogP contribution in [0, 0.1) is 12.7 Å². The van der Waals surface area contributed by atoms with Crippen molar-refractivity contribution in [3.63, 3.8) is 0 Å². The summed E-state index contributed by atoms with van der Waals surface area (Å²) in [7, 11) is 0. The molecule has 0 fully saturated rings. The van der Waals surface area contributed by atoms with Crippen molar-refractivity contribution in [2.75, 3.05) is 0 Å². The van der Waals surface area contributed by atoms with E-state index in [0.717, 1.165) is 14.5 Å². The topological polar surface area (TPSA) is 29.1 Å². The molecule has 0 spiro atoms. The number of hydrogen-bond donors (Lipinski definition) is 1. The van der Waals surface area contributed by atoms with Gasteiger partial charge >= 0.3 is 0 Å². The predicted octanol–water partition coefficient (Wildman–Crippen LogP) is 4.59. The number of carbonyl (C=O) groups is 1. The lowest BCUT2D eigenvalue weighted by Crippen LogP contribution is -2.22. The van der Waals surface area contributed by atoms with E-state index in [0.29, 0.717) is 17.7 Å². The first-order chi connectivity index (χ1) is 9.45. The molecule has 2 nitrogen and oxygen atoms in total. The van der Waals surface area contributed by atoms with Gasteiger partial charge in [-0.3, -0.25) is 4.79 Å². The van der Waals surface area contributed by atoms with Crippen LogP contribution in [0.2, 0.25) is 0 Å². The van der Waals surface area contributed by atoms with Crippen molar-refractivity contribution in [1.29, 1.82) is 0 Å². The molecule has 0 aliphatic rings. The van der Waals surface area contributed by atoms with E-state index >= 15 is 0 Å². The molecule has 1 N–H and O–H groups in total. The van der Waals surface area contributed by atoms with Crippen LogP contribution in [0.4, 0.5) is 4.39 Å². The van der Waals surface area contributed by atoms with Crippen LogP contribution >= 0.6 is 31.9 Å². The fraction of sp³-hybridized carbons (Fsp3) is 0.133. The number of benzene rings is 2. The summed E-state index contributed by atoms with van der Waals surface area (Å²) in [5, 5.41) is 2.77. The van der Waals surface area contributed by atoms with Gasteiger partial charge in [0.1, 0.15) is 5.82 Å². The molecule has 2 aromatic carbocycles. The van der Waals surface area contributed by atoms with Crippen molar-refractivity contribution in [2.24, 2.45) is 0 Å². The van der Waals surface area contributed by atoms with E-state index in [1.54, 1.807) is 31.2 Å². The van der Waals surface area contributed by atoms with E-state index in [1.165, 1.54) is 6.07 Å². The molecule has 104 valence electrons. The van der Waals surface area contributed by atoms with Gasteiger partial charge in [0, 0.05) is 21.1 Å². The van der Waals surface area contributed by atoms with Crippen molar-refractivity contribution in [3.8, 4) is 0 Å². The van der Waals surface area contributed by atoms with Crippen molar-refractivity contribution in [3.05, 3.63) is 67.9 Å². The molecule has 0 atom stereocenters. The zero-order chi connectivity index (χ0) is 14.7. The second-order valence-electron chi connectivity index (χ2n) is 4.42. The molecular weight excluding hydrogens is 389 g/mol. The average Bonchev–Trinajstić information content (AvgIpc) is 2.38. The molecule has 0 saturated carbocycles. The third-order valence-electron chi connectivity index (χ3n) is 2.81. The van der Waals surface area contributed by atoms with Gasteiger partial charge in [0.2, 0.25) is 0 Å². The minimum atomic E-state index is -0.262. The van der Waals surface area contributed by atoms with Gasteiger partial charge in [0.15, 0.2) is 0 Å². The molecule has 1 amide bonds. The first kappa shape index (κ1) is 15.2. The van der Waals surface area contributed by atoms with Crippen LogP contribution in [0.3, 0.4) is 0 Å². The lowest BCUT2D eigenvalue weighted by Gasteiger charge is -2.07. The van der Waals surface area contributed by atoms with Gasteiger partial charge < -0.3 is 5.32 Å². The summed E-state index contributed by atoms with van der Waals surface area (Å²) in [4.78, 5) is 12.0. The summed E-state index contributed by atoms with van der Waals surface area (Å²) in [5.41, 5.74) is 1.87. The Labute approximate surface area is 133 Å². The van der Waals surface area contributed by atoms with E-state index in [4.69, 9.17) is 0 Å². The lowest BCUT2D eigenvalue weighted by atomic mass is 10.1. The highest BCUT2D eigenvalue weighted by Gasteiger charge is 2.08. The molecule has 0 radical (unpaired) electrons. The molecule has 0 unspecified atom stereocenters. The van der Waals surface area contributed by atoms with E-state index in [2.05, 4.69) is 37.2 Å². The second-order valence-corrected chi connectivity index (χ2v) is 6.26. The third kappa shape index (κ3) is 3.90. The number of amides is 1. The first-order valence-corrected chi connectivity index (χ1v) is 7.53. The summed E-state index contributed by atoms with van der Waals surface area (Å²) in [5.74, 6) is -0.463. The molecule has 2 rings (SSSR count). The zero-order valence-electron chi connectivity index (χ0n) is 10.7. The molecule has 0 bridgehead atoms. The Kier molecular flexibility index (Phi) is 4.94. The summed E-state index contributed by atoms with van der Waals surface area (Å²) in [6.07, 6.45) is 0. The Balaban J connectivity index is 2.06. The summed E-state index contributed by atoms with van der Waals surface area (Å²) >= 11 is 6.67. The highest BCUT2D eigenvalue weighted by molar-refractivity contribution is 9.11. The second kappa shape index (κ2) is 6.50. The maximum absolute atomic E-state index is 13.4. The molecule has 0 saturated heterocycles. The summed E-state index contributed by atoms with van der Waals surface area (Å²) in [6, 6.07) is 10.3. The highest BCUT2D eigenvalue weighted by Crippen LogP contribution is 2.20. The van der Waals surface area contributed by atoms with Gasteiger partial charge in [-0.25, -0.2) is 4.39 Å². The van der Waals surface area contributed by atoms with Crippen LogP contribution in [0.5, 0.6) is 0 Å². The van der Waals surface area contributed by atoms with Crippen molar-refractivity contribution in [2.45, 2.75) is 13.5 Å². The Morgan fingerprint density at radius 1 is 1.15 bits per heavy atom. The average molecular weight is 401 g/mol. The Bertz CT molecular complexity index is 638. The Hall–Kier alpha value is -1.20. The molecule has 0 heterocycles. The standard InChI is InChI=1S/C15H12Br2FNO/c1-9-2-3-10(4-14(9)18)8-19-15(20)11-5-12(16)7-13(17)6-11/h2-7H,8H2,1H3,(H,19,20). The van der Waals surface area contributed by atoms with Gasteiger partial charge in [-0.2, -0.15) is 0 Å². The predicted molar refractivity (Wildman–Crippen MR) is 84.1 cm³/mol. The van der Waals surface area contributed by atoms with Crippen LogP contribution in [0.1, 0.15) is 21.5 Å². The SMILES string of the molecule is Cc1ccc(CNC(=O)c2cc(Br)cc(Br)c2)cc1F. The minimum absolute atomic E-state index is 0.201. The fourth-order valence-electron chi connectivity index (χ4n) is 1.72. The quantitative estimate of drug-likeness (QED) is 0.802. The van der Waals surface area contributed by atoms with Crippen molar-refractivity contribution < 1.29 is 9.18 Å². The van der Waals surface area contributed by atoms with Crippen molar-refractivity contribution >= 4 is 37.8 Å². The summed E-state index contributed by atoms with van der Waals surface area (Å²) < 4.78 is 15.0. The molecule has 0 aliphatic heterocycles. The van der Waals surface area contributed by atoms with Gasteiger partial charge in [0.25, 0.3) is 5.91 Å². The van der Waals surface area contributed by atoms with E-state index in [9.17, 15) is 9.18 Å². The monoisotopic (exact) mass is 399 g/mol. The van der Waals surface area contributed by atoms with E-state index in [-0.39, 0.29) is 11.7 Å². The largest absolute Gasteiger partial charge is 0.348 e. The molecule has 20 heavy (non-hydrogen) atoms. The summed E-state index contributed by atoms with van der Waals surface area (Å²) in [6.45, 7) is 2.00. The maximum atomic E-state index is 13.4. The molecule has 0 aromatic heterocycles. The number of nitrogens with one attached hydrogen (secondary N) is 1. The first-order valence-electron chi connectivity index (χ1n) is 5.95. The Morgan fingerprint density at radius 2 is 1.80 bits per heavy atom.